The summed E-state index contributed by atoms with van der Waals surface area (Å²) in [6.45, 7) is 0.390. The number of nitrogens with one attached hydrogen (secondary N) is 1. The van der Waals surface area contributed by atoms with Gasteiger partial charge in [-0.1, -0.05) is 17.3 Å². The minimum atomic E-state index is -0.458. The van der Waals surface area contributed by atoms with Crippen molar-refractivity contribution in [1.82, 2.24) is 25.3 Å². The van der Waals surface area contributed by atoms with Crippen LogP contribution in [0.4, 0.5) is 4.39 Å². The van der Waals surface area contributed by atoms with Gasteiger partial charge in [-0.05, 0) is 49.1 Å². The summed E-state index contributed by atoms with van der Waals surface area (Å²) in [6, 6.07) is 9.83. The van der Waals surface area contributed by atoms with Crippen LogP contribution in [0, 0.1) is 5.82 Å². The van der Waals surface area contributed by atoms with Crippen LogP contribution >= 0.6 is 0 Å². The molecule has 0 radical (unpaired) electrons. The molecule has 0 spiro atoms. The average Bonchev–Trinajstić information content (AvgIpc) is 3.28. The van der Waals surface area contributed by atoms with E-state index in [4.69, 9.17) is 4.74 Å². The van der Waals surface area contributed by atoms with Gasteiger partial charge in [-0.25, -0.2) is 4.39 Å². The van der Waals surface area contributed by atoms with E-state index >= 15 is 0 Å². The predicted molar refractivity (Wildman–Crippen MR) is 115 cm³/mol. The maximum atomic E-state index is 13.9. The number of carbonyl (C=O) groups excluding carboxylic acids is 1. The van der Waals surface area contributed by atoms with Crippen molar-refractivity contribution >= 4 is 5.91 Å². The molecule has 3 atom stereocenters. The molecule has 0 unspecified atom stereocenters. The van der Waals surface area contributed by atoms with Crippen LogP contribution in [0.3, 0.4) is 0 Å². The molecule has 8 nitrogen and oxygen atoms in total. The van der Waals surface area contributed by atoms with Gasteiger partial charge in [0.15, 0.2) is 0 Å². The number of benzene rings is 1. The number of hydrogen-bond acceptors (Lipinski definition) is 6. The number of aromatic nitrogens is 4. The van der Waals surface area contributed by atoms with Gasteiger partial charge in [0.1, 0.15) is 17.6 Å². The molecular formula is C23H26FN5O3. The summed E-state index contributed by atoms with van der Waals surface area (Å²) < 4.78 is 21.6. The molecule has 0 aliphatic carbocycles. The number of aliphatic hydroxyl groups is 1. The van der Waals surface area contributed by atoms with E-state index in [-0.39, 0.29) is 36.9 Å². The Labute approximate surface area is 185 Å². The molecular weight excluding hydrogens is 413 g/mol. The molecule has 1 fully saturated rings. The van der Waals surface area contributed by atoms with Gasteiger partial charge in [0.05, 0.1) is 31.4 Å². The van der Waals surface area contributed by atoms with Crippen LogP contribution in [0.1, 0.15) is 24.8 Å². The third kappa shape index (κ3) is 5.54. The molecule has 9 heteroatoms. The van der Waals surface area contributed by atoms with Crippen LogP contribution in [0.5, 0.6) is 0 Å². The maximum Gasteiger partial charge on any atom is 0.224 e. The molecule has 0 bridgehead atoms. The summed E-state index contributed by atoms with van der Waals surface area (Å²) in [5.74, 6) is -0.442. The van der Waals surface area contributed by atoms with E-state index in [1.807, 2.05) is 0 Å². The van der Waals surface area contributed by atoms with E-state index in [1.165, 1.54) is 6.07 Å². The molecule has 1 aliphatic heterocycles. The average molecular weight is 439 g/mol. The number of amides is 1. The fourth-order valence-corrected chi connectivity index (χ4v) is 3.93. The Hall–Kier alpha value is -3.17. The third-order valence-corrected chi connectivity index (χ3v) is 5.62. The number of nitrogens with zero attached hydrogens (tertiary/aromatic N) is 4. The van der Waals surface area contributed by atoms with Crippen LogP contribution in [0.15, 0.2) is 55.0 Å². The fraction of sp³-hybridized carbons (Fsp3) is 0.391. The highest BCUT2D eigenvalue weighted by molar-refractivity contribution is 5.78. The zero-order chi connectivity index (χ0) is 22.3. The van der Waals surface area contributed by atoms with Crippen LogP contribution in [0.25, 0.3) is 11.3 Å². The fourth-order valence-electron chi connectivity index (χ4n) is 3.93. The van der Waals surface area contributed by atoms with Crippen LogP contribution in [0.2, 0.25) is 0 Å². The van der Waals surface area contributed by atoms with Crippen molar-refractivity contribution in [2.75, 3.05) is 6.61 Å². The lowest BCUT2D eigenvalue weighted by Crippen LogP contribution is -2.51. The van der Waals surface area contributed by atoms with Crippen LogP contribution < -0.4 is 5.32 Å². The quantitative estimate of drug-likeness (QED) is 0.558. The van der Waals surface area contributed by atoms with Gasteiger partial charge < -0.3 is 15.2 Å². The first-order valence-electron chi connectivity index (χ1n) is 10.7. The molecule has 32 heavy (non-hydrogen) atoms. The van der Waals surface area contributed by atoms with Crippen molar-refractivity contribution in [1.29, 1.82) is 0 Å². The summed E-state index contributed by atoms with van der Waals surface area (Å²) in [4.78, 5) is 16.3. The topological polar surface area (TPSA) is 102 Å². The van der Waals surface area contributed by atoms with Crippen molar-refractivity contribution in [2.24, 2.45) is 0 Å². The Kier molecular flexibility index (Phi) is 7.18. The molecule has 1 amide bonds. The minimum Gasteiger partial charge on any atom is -0.394 e. The Morgan fingerprint density at radius 3 is 2.81 bits per heavy atom. The smallest absolute Gasteiger partial charge is 0.224 e. The van der Waals surface area contributed by atoms with Crippen LogP contribution in [-0.4, -0.2) is 55.8 Å². The second kappa shape index (κ2) is 10.4. The minimum absolute atomic E-state index is 0.0680. The first-order valence-corrected chi connectivity index (χ1v) is 10.7. The lowest BCUT2D eigenvalue weighted by Gasteiger charge is -2.36. The summed E-state index contributed by atoms with van der Waals surface area (Å²) in [5, 5.41) is 20.9. The number of ether oxygens (including phenoxy) is 1. The SMILES string of the molecule is O=C(Cc1ccncc1)N[C@@H]1CC[C@@H](CCn2cc(-c3ccccc3F)nn2)O[C@H]1CO. The Bertz CT molecular complexity index is 1030. The first-order chi connectivity index (χ1) is 15.6. The van der Waals surface area contributed by atoms with Crippen molar-refractivity contribution in [3.63, 3.8) is 0 Å². The zero-order valence-corrected chi connectivity index (χ0v) is 17.6. The summed E-state index contributed by atoms with van der Waals surface area (Å²) in [6.07, 6.45) is 6.91. The normalized spacial score (nSPS) is 20.8. The van der Waals surface area contributed by atoms with Gasteiger partial charge >= 0.3 is 0 Å². The largest absolute Gasteiger partial charge is 0.394 e. The summed E-state index contributed by atoms with van der Waals surface area (Å²) in [5.41, 5.74) is 1.78. The second-order valence-electron chi connectivity index (χ2n) is 7.90. The summed E-state index contributed by atoms with van der Waals surface area (Å²) in [7, 11) is 0. The highest BCUT2D eigenvalue weighted by Gasteiger charge is 2.31. The van der Waals surface area contributed by atoms with E-state index in [1.54, 1.807) is 53.6 Å². The molecule has 168 valence electrons. The van der Waals surface area contributed by atoms with Gasteiger partial charge in [0.25, 0.3) is 0 Å². The highest BCUT2D eigenvalue weighted by atomic mass is 19.1. The third-order valence-electron chi connectivity index (χ3n) is 5.62. The van der Waals surface area contributed by atoms with Gasteiger partial charge in [0, 0.05) is 24.5 Å². The molecule has 0 saturated carbocycles. The van der Waals surface area contributed by atoms with Crippen molar-refractivity contribution in [2.45, 2.75) is 50.5 Å². The maximum absolute atomic E-state index is 13.9. The van der Waals surface area contributed by atoms with E-state index in [9.17, 15) is 14.3 Å². The number of aliphatic hydroxyl groups excluding tert-OH is 1. The number of pyridine rings is 1. The number of carbonyl (C=O) groups is 1. The molecule has 1 saturated heterocycles. The number of rotatable bonds is 8. The zero-order valence-electron chi connectivity index (χ0n) is 17.6. The molecule has 2 aromatic heterocycles. The standard InChI is InChI=1S/C23H26FN5O3/c24-19-4-2-1-3-18(19)21-14-29(28-27-21)12-9-17-5-6-20(22(15-30)32-17)26-23(31)13-16-7-10-25-11-8-16/h1-4,7-8,10-11,14,17,20,22,30H,5-6,9,12-13,15H2,(H,26,31)/t17-,20+,22-/m0/s1. The number of hydrogen-bond donors (Lipinski definition) is 2. The second-order valence-corrected chi connectivity index (χ2v) is 7.90. The van der Waals surface area contributed by atoms with Gasteiger partial charge in [-0.15, -0.1) is 5.10 Å². The lowest BCUT2D eigenvalue weighted by molar-refractivity contribution is -0.128. The van der Waals surface area contributed by atoms with E-state index in [0.29, 0.717) is 24.2 Å². The van der Waals surface area contributed by atoms with Crippen molar-refractivity contribution in [3.05, 3.63) is 66.4 Å². The molecule has 4 rings (SSSR count). The lowest BCUT2D eigenvalue weighted by atomic mass is 9.96. The van der Waals surface area contributed by atoms with Crippen molar-refractivity contribution < 1.29 is 19.0 Å². The van der Waals surface area contributed by atoms with Gasteiger partial charge in [-0.3, -0.25) is 14.5 Å². The molecule has 3 aromatic rings. The van der Waals surface area contributed by atoms with Gasteiger partial charge in [-0.2, -0.15) is 0 Å². The van der Waals surface area contributed by atoms with Crippen LogP contribution in [-0.2, 0) is 22.5 Å². The highest BCUT2D eigenvalue weighted by Crippen LogP contribution is 2.23. The van der Waals surface area contributed by atoms with Gasteiger partial charge in [0.2, 0.25) is 5.91 Å². The first kappa shape index (κ1) is 22.0. The predicted octanol–water partition coefficient (Wildman–Crippen LogP) is 2.14. The molecule has 1 aliphatic rings. The van der Waals surface area contributed by atoms with E-state index in [2.05, 4.69) is 20.6 Å². The molecule has 1 aromatic carbocycles. The van der Waals surface area contributed by atoms with Crippen molar-refractivity contribution in [3.8, 4) is 11.3 Å². The molecule has 3 heterocycles. The Morgan fingerprint density at radius 1 is 1.22 bits per heavy atom. The molecule has 2 N–H and O–H groups in total. The Balaban J connectivity index is 1.27. The summed E-state index contributed by atoms with van der Waals surface area (Å²) >= 11 is 0. The number of aryl methyl sites for hydroxylation is 1. The van der Waals surface area contributed by atoms with E-state index in [0.717, 1.165) is 18.4 Å². The monoisotopic (exact) mass is 439 g/mol. The Morgan fingerprint density at radius 2 is 2.03 bits per heavy atom. The van der Waals surface area contributed by atoms with E-state index < -0.39 is 6.10 Å². The number of halogens is 1.